The minimum Gasteiger partial charge on any atom is -0.469 e. The van der Waals surface area contributed by atoms with Gasteiger partial charge in [-0.3, -0.25) is 20.4 Å². The van der Waals surface area contributed by atoms with Crippen LogP contribution in [-0.2, 0) is 4.79 Å². The van der Waals surface area contributed by atoms with Gasteiger partial charge in [-0.1, -0.05) is 0 Å². The SMILES string of the molecule is Cc1occc1C(=O)NNC(=O)[C@H]1CC1(Cl)Cl. The third kappa shape index (κ3) is 2.56. The molecule has 5 nitrogen and oxygen atoms in total. The van der Waals surface area contributed by atoms with Crippen molar-refractivity contribution in [1.82, 2.24) is 10.9 Å². The van der Waals surface area contributed by atoms with E-state index in [1.54, 1.807) is 6.92 Å². The first kappa shape index (κ1) is 12.3. The van der Waals surface area contributed by atoms with Crippen LogP contribution in [0.15, 0.2) is 16.7 Å². The average Bonchev–Trinajstić information content (AvgIpc) is 2.70. The van der Waals surface area contributed by atoms with E-state index in [1.165, 1.54) is 12.3 Å². The van der Waals surface area contributed by atoms with Crippen molar-refractivity contribution in [2.75, 3.05) is 0 Å². The highest BCUT2D eigenvalue weighted by atomic mass is 35.5. The van der Waals surface area contributed by atoms with Crippen LogP contribution in [0, 0.1) is 12.8 Å². The van der Waals surface area contributed by atoms with E-state index in [0.29, 0.717) is 17.7 Å². The number of hydrazine groups is 1. The molecule has 0 radical (unpaired) electrons. The second kappa shape index (κ2) is 4.23. The third-order valence-corrected chi connectivity index (χ3v) is 3.38. The minimum absolute atomic E-state index is 0.365. The Bertz CT molecular complexity index is 470. The van der Waals surface area contributed by atoms with Gasteiger partial charge in [-0.15, -0.1) is 23.2 Å². The Balaban J connectivity index is 1.85. The fourth-order valence-corrected chi connectivity index (χ4v) is 1.90. The lowest BCUT2D eigenvalue weighted by Gasteiger charge is -2.06. The molecule has 0 unspecified atom stereocenters. The molecule has 1 aromatic heterocycles. The van der Waals surface area contributed by atoms with Gasteiger partial charge in [-0.2, -0.15) is 0 Å². The summed E-state index contributed by atoms with van der Waals surface area (Å²) in [5.41, 5.74) is 4.90. The summed E-state index contributed by atoms with van der Waals surface area (Å²) in [6.45, 7) is 1.65. The molecular weight excluding hydrogens is 267 g/mol. The summed E-state index contributed by atoms with van der Waals surface area (Å²) in [5.74, 6) is -0.840. The van der Waals surface area contributed by atoms with Gasteiger partial charge in [0, 0.05) is 0 Å². The highest BCUT2D eigenvalue weighted by Crippen LogP contribution is 2.53. The van der Waals surface area contributed by atoms with Crippen LogP contribution in [-0.4, -0.2) is 16.1 Å². The van der Waals surface area contributed by atoms with Gasteiger partial charge in [0.25, 0.3) is 5.91 Å². The zero-order valence-electron chi connectivity index (χ0n) is 8.92. The number of hydrogen-bond acceptors (Lipinski definition) is 3. The maximum atomic E-state index is 11.6. The molecule has 0 saturated heterocycles. The number of rotatable bonds is 2. The van der Waals surface area contributed by atoms with Crippen LogP contribution in [0.25, 0.3) is 0 Å². The molecule has 17 heavy (non-hydrogen) atoms. The molecule has 1 fully saturated rings. The van der Waals surface area contributed by atoms with E-state index in [-0.39, 0.29) is 0 Å². The molecule has 0 spiro atoms. The number of halogens is 2. The quantitative estimate of drug-likeness (QED) is 0.636. The van der Waals surface area contributed by atoms with Crippen molar-refractivity contribution >= 4 is 35.0 Å². The molecule has 1 aliphatic carbocycles. The van der Waals surface area contributed by atoms with E-state index in [4.69, 9.17) is 27.6 Å². The van der Waals surface area contributed by atoms with E-state index in [9.17, 15) is 9.59 Å². The minimum atomic E-state index is -1.000. The first-order valence-electron chi connectivity index (χ1n) is 4.94. The van der Waals surface area contributed by atoms with Gasteiger partial charge in [0.2, 0.25) is 5.91 Å². The largest absolute Gasteiger partial charge is 0.469 e. The highest BCUT2D eigenvalue weighted by molar-refractivity contribution is 6.52. The molecule has 2 amide bonds. The topological polar surface area (TPSA) is 71.3 Å². The van der Waals surface area contributed by atoms with Crippen LogP contribution in [0.3, 0.4) is 0 Å². The summed E-state index contributed by atoms with van der Waals surface area (Å²) in [7, 11) is 0. The molecular formula is C10H10Cl2N2O3. The summed E-state index contributed by atoms with van der Waals surface area (Å²) in [5, 5.41) is 0. The number of aryl methyl sites for hydroxylation is 1. The first-order chi connectivity index (χ1) is 7.92. The van der Waals surface area contributed by atoms with Crippen LogP contribution < -0.4 is 10.9 Å². The zero-order chi connectivity index (χ0) is 12.6. The second-order valence-corrected chi connectivity index (χ2v) is 5.39. The molecule has 92 valence electrons. The number of carbonyl (C=O) groups is 2. The lowest BCUT2D eigenvalue weighted by Crippen LogP contribution is -2.43. The summed E-state index contributed by atoms with van der Waals surface area (Å²) in [4.78, 5) is 23.0. The lowest BCUT2D eigenvalue weighted by molar-refractivity contribution is -0.123. The Labute approximate surface area is 107 Å². The van der Waals surface area contributed by atoms with Gasteiger partial charge in [-0.05, 0) is 19.4 Å². The maximum absolute atomic E-state index is 11.6. The molecule has 1 aromatic rings. The fraction of sp³-hybridized carbons (Fsp3) is 0.400. The Morgan fingerprint density at radius 2 is 2.12 bits per heavy atom. The van der Waals surface area contributed by atoms with Crippen molar-refractivity contribution in [3.8, 4) is 0 Å². The van der Waals surface area contributed by atoms with Gasteiger partial charge < -0.3 is 4.42 Å². The molecule has 1 heterocycles. The van der Waals surface area contributed by atoms with Crippen molar-refractivity contribution in [2.45, 2.75) is 17.7 Å². The molecule has 0 aromatic carbocycles. The molecule has 2 rings (SSSR count). The van der Waals surface area contributed by atoms with Gasteiger partial charge in [-0.25, -0.2) is 0 Å². The highest BCUT2D eigenvalue weighted by Gasteiger charge is 2.56. The maximum Gasteiger partial charge on any atom is 0.273 e. The Morgan fingerprint density at radius 3 is 2.59 bits per heavy atom. The van der Waals surface area contributed by atoms with E-state index < -0.39 is 22.1 Å². The predicted octanol–water partition coefficient (Wildman–Crippen LogP) is 1.54. The Kier molecular flexibility index (Phi) is 3.05. The number of furan rings is 1. The molecule has 0 bridgehead atoms. The van der Waals surface area contributed by atoms with Crippen LogP contribution >= 0.6 is 23.2 Å². The first-order valence-corrected chi connectivity index (χ1v) is 5.69. The summed E-state index contributed by atoms with van der Waals surface area (Å²) in [6, 6.07) is 1.52. The van der Waals surface area contributed by atoms with Crippen LogP contribution in [0.4, 0.5) is 0 Å². The standard InChI is InChI=1S/C10H10Cl2N2O3/c1-5-6(2-3-17-5)8(15)13-14-9(16)7-4-10(7,11)12/h2-3,7H,4H2,1H3,(H,13,15)(H,14,16)/t7-/m1/s1. The summed E-state index contributed by atoms with van der Waals surface area (Å²) < 4.78 is 3.97. The summed E-state index contributed by atoms with van der Waals surface area (Å²) >= 11 is 11.4. The number of amides is 2. The van der Waals surface area contributed by atoms with Crippen LogP contribution in [0.1, 0.15) is 22.5 Å². The van der Waals surface area contributed by atoms with E-state index in [0.717, 1.165) is 0 Å². The lowest BCUT2D eigenvalue weighted by atomic mass is 10.2. The van der Waals surface area contributed by atoms with Crippen molar-refractivity contribution in [3.05, 3.63) is 23.7 Å². The van der Waals surface area contributed by atoms with E-state index in [2.05, 4.69) is 10.9 Å². The average molecular weight is 277 g/mol. The molecule has 1 atom stereocenters. The molecule has 7 heteroatoms. The predicted molar refractivity (Wildman–Crippen MR) is 61.6 cm³/mol. The molecule has 2 N–H and O–H groups in total. The molecule has 0 aliphatic heterocycles. The summed E-state index contributed by atoms with van der Waals surface area (Å²) in [6.07, 6.45) is 1.79. The number of alkyl halides is 2. The molecule has 1 saturated carbocycles. The van der Waals surface area contributed by atoms with Gasteiger partial charge in [0.1, 0.15) is 10.1 Å². The van der Waals surface area contributed by atoms with Gasteiger partial charge >= 0.3 is 0 Å². The Hall–Kier alpha value is -1.20. The van der Waals surface area contributed by atoms with Crippen molar-refractivity contribution < 1.29 is 14.0 Å². The number of nitrogens with one attached hydrogen (secondary N) is 2. The number of hydrogen-bond donors (Lipinski definition) is 2. The second-order valence-electron chi connectivity index (χ2n) is 3.85. The van der Waals surface area contributed by atoms with Crippen molar-refractivity contribution in [1.29, 1.82) is 0 Å². The zero-order valence-corrected chi connectivity index (χ0v) is 10.4. The fourth-order valence-electron chi connectivity index (χ4n) is 1.39. The van der Waals surface area contributed by atoms with Gasteiger partial charge in [0.15, 0.2) is 0 Å². The molecule has 1 aliphatic rings. The third-order valence-electron chi connectivity index (χ3n) is 2.55. The van der Waals surface area contributed by atoms with Crippen molar-refractivity contribution in [3.63, 3.8) is 0 Å². The normalized spacial score (nSPS) is 20.8. The van der Waals surface area contributed by atoms with Crippen molar-refractivity contribution in [2.24, 2.45) is 5.92 Å². The number of carbonyl (C=O) groups excluding carboxylic acids is 2. The Morgan fingerprint density at radius 1 is 1.47 bits per heavy atom. The van der Waals surface area contributed by atoms with Gasteiger partial charge in [0.05, 0.1) is 17.7 Å². The van der Waals surface area contributed by atoms with Crippen LogP contribution in [0.2, 0.25) is 0 Å². The van der Waals surface area contributed by atoms with E-state index in [1.807, 2.05) is 0 Å². The van der Waals surface area contributed by atoms with E-state index >= 15 is 0 Å². The van der Waals surface area contributed by atoms with Crippen LogP contribution in [0.5, 0.6) is 0 Å². The monoisotopic (exact) mass is 276 g/mol. The smallest absolute Gasteiger partial charge is 0.273 e.